The molecule has 0 atom stereocenters. The van der Waals surface area contributed by atoms with Crippen molar-refractivity contribution in [3.8, 4) is 11.4 Å². The summed E-state index contributed by atoms with van der Waals surface area (Å²) in [5, 5.41) is 9.26. The first-order chi connectivity index (χ1) is 16.5. The largest absolute Gasteiger partial charge is 0.461 e. The van der Waals surface area contributed by atoms with Crippen molar-refractivity contribution in [1.82, 2.24) is 25.0 Å². The van der Waals surface area contributed by atoms with E-state index in [2.05, 4.69) is 25.4 Å². The lowest BCUT2D eigenvalue weighted by Crippen LogP contribution is -2.29. The van der Waals surface area contributed by atoms with Gasteiger partial charge in [0.25, 0.3) is 5.91 Å². The van der Waals surface area contributed by atoms with Gasteiger partial charge in [0, 0.05) is 61.0 Å². The monoisotopic (exact) mass is 458 g/mol. The standard InChI is InChI=1S/C24H22N6O4/c1-3-33-24(32)20-11-19-17(12-27-20)13-30(23(19)31)9-8-26-22-18-10-16(21-28-14(2)34-29-21)5-4-15(18)6-7-25-22/h4-7,10-12H,3,8-9,13H2,1-2H3,(H,25,26). The molecule has 0 saturated heterocycles. The maximum absolute atomic E-state index is 12.9. The number of nitrogens with one attached hydrogen (secondary N) is 1. The molecule has 5 rings (SSSR count). The van der Waals surface area contributed by atoms with E-state index < -0.39 is 5.97 Å². The number of rotatable bonds is 7. The Morgan fingerprint density at radius 1 is 1.24 bits per heavy atom. The molecule has 0 aliphatic carbocycles. The molecule has 1 aliphatic heterocycles. The maximum atomic E-state index is 12.9. The fourth-order valence-corrected chi connectivity index (χ4v) is 3.93. The molecule has 1 N–H and O–H groups in total. The summed E-state index contributed by atoms with van der Waals surface area (Å²) in [7, 11) is 0. The van der Waals surface area contributed by atoms with E-state index in [1.54, 1.807) is 31.1 Å². The van der Waals surface area contributed by atoms with E-state index in [4.69, 9.17) is 9.26 Å². The minimum absolute atomic E-state index is 0.134. The highest BCUT2D eigenvalue weighted by Gasteiger charge is 2.28. The Morgan fingerprint density at radius 3 is 2.91 bits per heavy atom. The number of amides is 1. The summed E-state index contributed by atoms with van der Waals surface area (Å²) in [6.45, 7) is 5.12. The first-order valence-electron chi connectivity index (χ1n) is 10.9. The molecule has 1 aliphatic rings. The van der Waals surface area contributed by atoms with Crippen LogP contribution in [0.3, 0.4) is 0 Å². The van der Waals surface area contributed by atoms with Gasteiger partial charge in [0.2, 0.25) is 11.7 Å². The third kappa shape index (κ3) is 4.05. The average molecular weight is 458 g/mol. The highest BCUT2D eigenvalue weighted by atomic mass is 16.5. The molecule has 0 bridgehead atoms. The molecular formula is C24H22N6O4. The van der Waals surface area contributed by atoms with E-state index in [1.807, 2.05) is 24.3 Å². The predicted molar refractivity (Wildman–Crippen MR) is 123 cm³/mol. The summed E-state index contributed by atoms with van der Waals surface area (Å²) < 4.78 is 10.1. The quantitative estimate of drug-likeness (QED) is 0.416. The first kappa shape index (κ1) is 21.5. The molecular weight excluding hydrogens is 436 g/mol. The molecule has 1 amide bonds. The number of ether oxygens (including phenoxy) is 1. The van der Waals surface area contributed by atoms with Crippen LogP contribution in [-0.4, -0.2) is 56.6 Å². The van der Waals surface area contributed by atoms with Crippen LogP contribution in [0.2, 0.25) is 0 Å². The first-order valence-corrected chi connectivity index (χ1v) is 10.9. The van der Waals surface area contributed by atoms with E-state index in [1.165, 1.54) is 6.07 Å². The van der Waals surface area contributed by atoms with E-state index in [0.717, 1.165) is 21.9 Å². The van der Waals surface area contributed by atoms with Crippen molar-refractivity contribution in [2.75, 3.05) is 25.0 Å². The minimum Gasteiger partial charge on any atom is -0.461 e. The highest BCUT2D eigenvalue weighted by molar-refractivity contribution is 6.00. The second-order valence-corrected chi connectivity index (χ2v) is 7.83. The summed E-state index contributed by atoms with van der Waals surface area (Å²) in [5.41, 5.74) is 2.25. The van der Waals surface area contributed by atoms with Gasteiger partial charge in [-0.1, -0.05) is 17.3 Å². The number of aromatic nitrogens is 4. The molecule has 1 aromatic carbocycles. The molecule has 0 saturated carbocycles. The number of carbonyl (C=O) groups is 2. The van der Waals surface area contributed by atoms with Gasteiger partial charge < -0.3 is 19.5 Å². The Hall–Kier alpha value is -4.34. The van der Waals surface area contributed by atoms with E-state index in [-0.39, 0.29) is 18.2 Å². The van der Waals surface area contributed by atoms with Crippen molar-refractivity contribution in [3.05, 3.63) is 65.4 Å². The molecule has 3 aromatic heterocycles. The number of esters is 1. The predicted octanol–water partition coefficient (Wildman–Crippen LogP) is 3.23. The Balaban J connectivity index is 1.29. The second-order valence-electron chi connectivity index (χ2n) is 7.83. The lowest BCUT2D eigenvalue weighted by Gasteiger charge is -2.16. The Labute approximate surface area is 195 Å². The van der Waals surface area contributed by atoms with Crippen molar-refractivity contribution in [3.63, 3.8) is 0 Å². The third-order valence-electron chi connectivity index (χ3n) is 5.58. The number of anilines is 1. The number of benzene rings is 1. The van der Waals surface area contributed by atoms with Gasteiger partial charge in [-0.25, -0.2) is 14.8 Å². The molecule has 172 valence electrons. The van der Waals surface area contributed by atoms with Gasteiger partial charge in [-0.2, -0.15) is 4.98 Å². The number of hydrogen-bond donors (Lipinski definition) is 1. The Morgan fingerprint density at radius 2 is 2.12 bits per heavy atom. The van der Waals surface area contributed by atoms with Crippen molar-refractivity contribution in [2.45, 2.75) is 20.4 Å². The van der Waals surface area contributed by atoms with Crippen LogP contribution in [0.4, 0.5) is 5.82 Å². The summed E-state index contributed by atoms with van der Waals surface area (Å²) in [6, 6.07) is 9.33. The lowest BCUT2D eigenvalue weighted by atomic mass is 10.1. The molecule has 0 radical (unpaired) electrons. The maximum Gasteiger partial charge on any atom is 0.356 e. The summed E-state index contributed by atoms with van der Waals surface area (Å²) in [6.07, 6.45) is 3.31. The number of hydrogen-bond acceptors (Lipinski definition) is 9. The molecule has 10 heteroatoms. The van der Waals surface area contributed by atoms with Crippen molar-refractivity contribution in [2.24, 2.45) is 0 Å². The smallest absolute Gasteiger partial charge is 0.356 e. The zero-order valence-corrected chi connectivity index (χ0v) is 18.7. The summed E-state index contributed by atoms with van der Waals surface area (Å²) >= 11 is 0. The van der Waals surface area contributed by atoms with Crippen molar-refractivity contribution in [1.29, 1.82) is 0 Å². The fraction of sp³-hybridized carbons (Fsp3) is 0.250. The molecule has 34 heavy (non-hydrogen) atoms. The molecule has 0 unspecified atom stereocenters. The van der Waals surface area contributed by atoms with Gasteiger partial charge in [0.1, 0.15) is 11.5 Å². The van der Waals surface area contributed by atoms with Crippen LogP contribution in [0.1, 0.15) is 39.2 Å². The minimum atomic E-state index is -0.532. The van der Waals surface area contributed by atoms with Gasteiger partial charge in [-0.05, 0) is 30.5 Å². The fourth-order valence-electron chi connectivity index (χ4n) is 3.93. The zero-order chi connectivity index (χ0) is 23.7. The van der Waals surface area contributed by atoms with Gasteiger partial charge in [-0.15, -0.1) is 0 Å². The SMILES string of the molecule is CCOC(=O)c1cc2c(cn1)CN(CCNc1nccc3ccc(-c4noc(C)n4)cc13)C2=O. The zero-order valence-electron chi connectivity index (χ0n) is 18.7. The Bertz CT molecular complexity index is 1400. The topological polar surface area (TPSA) is 123 Å². The molecule has 0 spiro atoms. The summed E-state index contributed by atoms with van der Waals surface area (Å²) in [5.74, 6) is 1.06. The third-order valence-corrected chi connectivity index (χ3v) is 5.58. The number of nitrogens with zero attached hydrogens (tertiary/aromatic N) is 5. The van der Waals surface area contributed by atoms with Gasteiger partial charge in [0.05, 0.1) is 6.61 Å². The normalized spacial score (nSPS) is 12.8. The number of aryl methyl sites for hydroxylation is 1. The molecule has 10 nitrogen and oxygen atoms in total. The number of carbonyl (C=O) groups excluding carboxylic acids is 2. The van der Waals surface area contributed by atoms with Crippen LogP contribution < -0.4 is 5.32 Å². The van der Waals surface area contributed by atoms with E-state index in [9.17, 15) is 9.59 Å². The lowest BCUT2D eigenvalue weighted by molar-refractivity contribution is 0.0519. The average Bonchev–Trinajstić information content (AvgIpc) is 3.42. The van der Waals surface area contributed by atoms with Crippen LogP contribution in [0.25, 0.3) is 22.2 Å². The Kier molecular flexibility index (Phi) is 5.62. The number of fused-ring (bicyclic) bond motifs is 2. The summed E-state index contributed by atoms with van der Waals surface area (Å²) in [4.78, 5) is 39.4. The van der Waals surface area contributed by atoms with Crippen LogP contribution in [0, 0.1) is 6.92 Å². The highest BCUT2D eigenvalue weighted by Crippen LogP contribution is 2.27. The van der Waals surface area contributed by atoms with Gasteiger partial charge in [0.15, 0.2) is 0 Å². The molecule has 4 heterocycles. The van der Waals surface area contributed by atoms with Crippen molar-refractivity contribution >= 4 is 28.5 Å². The molecule has 0 fully saturated rings. The van der Waals surface area contributed by atoms with Crippen LogP contribution in [0.15, 0.2) is 47.2 Å². The van der Waals surface area contributed by atoms with Crippen LogP contribution in [0.5, 0.6) is 0 Å². The van der Waals surface area contributed by atoms with Gasteiger partial charge in [-0.3, -0.25) is 4.79 Å². The van der Waals surface area contributed by atoms with Crippen LogP contribution >= 0.6 is 0 Å². The second kappa shape index (κ2) is 8.89. The molecule has 4 aromatic rings. The van der Waals surface area contributed by atoms with Crippen LogP contribution in [-0.2, 0) is 11.3 Å². The van der Waals surface area contributed by atoms with E-state index >= 15 is 0 Å². The van der Waals surface area contributed by atoms with E-state index in [0.29, 0.717) is 42.7 Å². The number of pyridine rings is 2. The van der Waals surface area contributed by atoms with Crippen molar-refractivity contribution < 1.29 is 18.8 Å². The van der Waals surface area contributed by atoms with Gasteiger partial charge >= 0.3 is 5.97 Å².